The molecule has 2 rings (SSSR count). The monoisotopic (exact) mass is 206 g/mol. The Hall–Kier alpha value is -1.55. The normalized spacial score (nSPS) is 20.1. The van der Waals surface area contributed by atoms with Gasteiger partial charge in [0.1, 0.15) is 6.10 Å². The number of nitrogens with one attached hydrogen (secondary N) is 1. The number of ether oxygens (including phenoxy) is 1. The van der Waals surface area contributed by atoms with Crippen LogP contribution in [0.3, 0.4) is 0 Å². The lowest BCUT2D eigenvalue weighted by Crippen LogP contribution is -2.27. The molecule has 1 fully saturated rings. The van der Waals surface area contributed by atoms with Gasteiger partial charge in [0.25, 0.3) is 5.91 Å². The number of para-hydroxylation sites is 2. The van der Waals surface area contributed by atoms with Gasteiger partial charge in [-0.1, -0.05) is 12.1 Å². The van der Waals surface area contributed by atoms with Crippen molar-refractivity contribution in [1.29, 1.82) is 0 Å². The number of rotatable bonds is 2. The number of benzene rings is 1. The zero-order valence-electron chi connectivity index (χ0n) is 8.40. The molecule has 3 N–H and O–H groups in total. The molecule has 4 nitrogen and oxygen atoms in total. The van der Waals surface area contributed by atoms with Crippen LogP contribution in [0.4, 0.5) is 11.4 Å². The third-order valence-electron chi connectivity index (χ3n) is 2.44. The SMILES string of the molecule is Nc1ccccc1NC(=O)[C@H]1CCCO1. The highest BCUT2D eigenvalue weighted by Crippen LogP contribution is 2.19. The van der Waals surface area contributed by atoms with Crippen LogP contribution in [0.25, 0.3) is 0 Å². The van der Waals surface area contributed by atoms with E-state index in [1.807, 2.05) is 12.1 Å². The van der Waals surface area contributed by atoms with Gasteiger partial charge in [-0.15, -0.1) is 0 Å². The Bertz CT molecular complexity index is 359. The second-order valence-corrected chi connectivity index (χ2v) is 3.58. The fourth-order valence-electron chi connectivity index (χ4n) is 1.61. The molecule has 1 aliphatic heterocycles. The molecule has 80 valence electrons. The van der Waals surface area contributed by atoms with E-state index in [0.29, 0.717) is 18.0 Å². The summed E-state index contributed by atoms with van der Waals surface area (Å²) < 4.78 is 5.27. The van der Waals surface area contributed by atoms with Crippen LogP contribution in [0, 0.1) is 0 Å². The number of carbonyl (C=O) groups excluding carboxylic acids is 1. The van der Waals surface area contributed by atoms with Crippen molar-refractivity contribution >= 4 is 17.3 Å². The zero-order valence-corrected chi connectivity index (χ0v) is 8.40. The fraction of sp³-hybridized carbons (Fsp3) is 0.364. The molecule has 1 aliphatic rings. The highest BCUT2D eigenvalue weighted by Gasteiger charge is 2.23. The average molecular weight is 206 g/mol. The highest BCUT2D eigenvalue weighted by atomic mass is 16.5. The van der Waals surface area contributed by atoms with E-state index in [0.717, 1.165) is 12.8 Å². The van der Waals surface area contributed by atoms with E-state index in [1.54, 1.807) is 12.1 Å². The van der Waals surface area contributed by atoms with Crippen molar-refractivity contribution in [1.82, 2.24) is 0 Å². The number of anilines is 2. The third-order valence-corrected chi connectivity index (χ3v) is 2.44. The van der Waals surface area contributed by atoms with Gasteiger partial charge in [0.15, 0.2) is 0 Å². The van der Waals surface area contributed by atoms with Crippen molar-refractivity contribution in [3.63, 3.8) is 0 Å². The van der Waals surface area contributed by atoms with Gasteiger partial charge in [-0.2, -0.15) is 0 Å². The van der Waals surface area contributed by atoms with Crippen LogP contribution in [-0.2, 0) is 9.53 Å². The summed E-state index contributed by atoms with van der Waals surface area (Å²) in [5.74, 6) is -0.106. The predicted molar refractivity (Wildman–Crippen MR) is 58.5 cm³/mol. The van der Waals surface area contributed by atoms with Crippen LogP contribution in [0.5, 0.6) is 0 Å². The Labute approximate surface area is 88.4 Å². The minimum Gasteiger partial charge on any atom is -0.397 e. The molecule has 0 radical (unpaired) electrons. The molecule has 1 atom stereocenters. The van der Waals surface area contributed by atoms with E-state index in [2.05, 4.69) is 5.32 Å². The molecule has 0 bridgehead atoms. The number of nitrogens with two attached hydrogens (primary N) is 1. The Morgan fingerprint density at radius 1 is 1.47 bits per heavy atom. The Morgan fingerprint density at radius 3 is 2.93 bits per heavy atom. The van der Waals surface area contributed by atoms with Crippen molar-refractivity contribution in [3.05, 3.63) is 24.3 Å². The number of hydrogen-bond acceptors (Lipinski definition) is 3. The molecule has 1 aromatic rings. The van der Waals surface area contributed by atoms with Gasteiger partial charge in [-0.05, 0) is 25.0 Å². The van der Waals surface area contributed by atoms with Crippen LogP contribution < -0.4 is 11.1 Å². The molecule has 0 unspecified atom stereocenters. The summed E-state index contributed by atoms with van der Waals surface area (Å²) in [4.78, 5) is 11.7. The van der Waals surface area contributed by atoms with E-state index in [1.165, 1.54) is 0 Å². The number of carbonyl (C=O) groups is 1. The Morgan fingerprint density at radius 2 is 2.27 bits per heavy atom. The number of hydrogen-bond donors (Lipinski definition) is 2. The van der Waals surface area contributed by atoms with E-state index < -0.39 is 0 Å². The lowest BCUT2D eigenvalue weighted by atomic mass is 10.2. The second-order valence-electron chi connectivity index (χ2n) is 3.58. The van der Waals surface area contributed by atoms with Crippen molar-refractivity contribution in [2.75, 3.05) is 17.7 Å². The third kappa shape index (κ3) is 2.27. The van der Waals surface area contributed by atoms with Crippen molar-refractivity contribution in [3.8, 4) is 0 Å². The van der Waals surface area contributed by atoms with Gasteiger partial charge in [-0.25, -0.2) is 0 Å². The van der Waals surface area contributed by atoms with Crippen molar-refractivity contribution in [2.45, 2.75) is 18.9 Å². The van der Waals surface area contributed by atoms with Crippen LogP contribution in [0.2, 0.25) is 0 Å². The van der Waals surface area contributed by atoms with Crippen LogP contribution in [0.15, 0.2) is 24.3 Å². The minimum absolute atomic E-state index is 0.106. The minimum atomic E-state index is -0.315. The number of amides is 1. The topological polar surface area (TPSA) is 64.3 Å². The summed E-state index contributed by atoms with van der Waals surface area (Å²) in [6.45, 7) is 0.669. The summed E-state index contributed by atoms with van der Waals surface area (Å²) in [5, 5.41) is 2.76. The standard InChI is InChI=1S/C11H14N2O2/c12-8-4-1-2-5-9(8)13-11(14)10-6-3-7-15-10/h1-2,4-5,10H,3,6-7,12H2,(H,13,14)/t10-/m1/s1. The van der Waals surface area contributed by atoms with Crippen molar-refractivity contribution < 1.29 is 9.53 Å². The second kappa shape index (κ2) is 4.31. The molecule has 0 aliphatic carbocycles. The molecule has 4 heteroatoms. The summed E-state index contributed by atoms with van der Waals surface area (Å²) in [5.41, 5.74) is 6.94. The molecule has 0 aromatic heterocycles. The molecule has 1 aromatic carbocycles. The maximum Gasteiger partial charge on any atom is 0.253 e. The summed E-state index contributed by atoms with van der Waals surface area (Å²) in [7, 11) is 0. The largest absolute Gasteiger partial charge is 0.397 e. The summed E-state index contributed by atoms with van der Waals surface area (Å²) in [6.07, 6.45) is 1.42. The van der Waals surface area contributed by atoms with Gasteiger partial charge in [-0.3, -0.25) is 4.79 Å². The first-order chi connectivity index (χ1) is 7.27. The van der Waals surface area contributed by atoms with E-state index in [-0.39, 0.29) is 12.0 Å². The zero-order chi connectivity index (χ0) is 10.7. The van der Waals surface area contributed by atoms with E-state index in [9.17, 15) is 4.79 Å². The van der Waals surface area contributed by atoms with Gasteiger partial charge in [0.05, 0.1) is 11.4 Å². The first-order valence-corrected chi connectivity index (χ1v) is 5.04. The summed E-state index contributed by atoms with van der Waals surface area (Å²) in [6, 6.07) is 7.20. The van der Waals surface area contributed by atoms with Gasteiger partial charge >= 0.3 is 0 Å². The molecule has 1 saturated heterocycles. The fourth-order valence-corrected chi connectivity index (χ4v) is 1.61. The molecular formula is C11H14N2O2. The predicted octanol–water partition coefficient (Wildman–Crippen LogP) is 1.39. The lowest BCUT2D eigenvalue weighted by Gasteiger charge is -2.11. The Kier molecular flexibility index (Phi) is 2.87. The first-order valence-electron chi connectivity index (χ1n) is 5.04. The maximum atomic E-state index is 11.7. The van der Waals surface area contributed by atoms with Gasteiger partial charge < -0.3 is 15.8 Å². The number of nitrogen functional groups attached to an aromatic ring is 1. The average Bonchev–Trinajstić information content (AvgIpc) is 2.74. The van der Waals surface area contributed by atoms with Gasteiger partial charge in [0, 0.05) is 6.61 Å². The van der Waals surface area contributed by atoms with Crippen LogP contribution in [0.1, 0.15) is 12.8 Å². The molecule has 15 heavy (non-hydrogen) atoms. The molecule has 1 heterocycles. The quantitative estimate of drug-likeness (QED) is 0.718. The summed E-state index contributed by atoms with van der Waals surface area (Å²) >= 11 is 0. The van der Waals surface area contributed by atoms with E-state index in [4.69, 9.17) is 10.5 Å². The molecule has 1 amide bonds. The lowest BCUT2D eigenvalue weighted by molar-refractivity contribution is -0.124. The first kappa shape index (κ1) is 9.98. The smallest absolute Gasteiger partial charge is 0.253 e. The molecule has 0 saturated carbocycles. The molecule has 0 spiro atoms. The van der Waals surface area contributed by atoms with Crippen molar-refractivity contribution in [2.24, 2.45) is 0 Å². The van der Waals surface area contributed by atoms with Gasteiger partial charge in [0.2, 0.25) is 0 Å². The van der Waals surface area contributed by atoms with Crippen LogP contribution in [-0.4, -0.2) is 18.6 Å². The van der Waals surface area contributed by atoms with E-state index >= 15 is 0 Å². The molecular weight excluding hydrogens is 192 g/mol. The maximum absolute atomic E-state index is 11.7. The highest BCUT2D eigenvalue weighted by molar-refractivity contribution is 5.96. The van der Waals surface area contributed by atoms with Crippen LogP contribution >= 0.6 is 0 Å². The Balaban J connectivity index is 2.02.